The molecule has 1 amide bonds. The summed E-state index contributed by atoms with van der Waals surface area (Å²) in [6.45, 7) is 1.32. The quantitative estimate of drug-likeness (QED) is 0.736. The van der Waals surface area contributed by atoms with Crippen LogP contribution in [0.15, 0.2) is 60.7 Å². The zero-order valence-corrected chi connectivity index (χ0v) is 15.5. The molecule has 3 rings (SSSR count). The van der Waals surface area contributed by atoms with Crippen LogP contribution in [0.25, 0.3) is 10.8 Å². The van der Waals surface area contributed by atoms with Crippen LogP contribution in [0.3, 0.4) is 0 Å². The first kappa shape index (κ1) is 18.0. The number of ether oxygens (including phenoxy) is 1. The summed E-state index contributed by atoms with van der Waals surface area (Å²) >= 11 is 0. The van der Waals surface area contributed by atoms with Crippen molar-refractivity contribution in [3.8, 4) is 5.75 Å². The number of nitrogens with zero attached hydrogens (tertiary/aromatic N) is 1. The molecule has 0 unspecified atom stereocenters. The van der Waals surface area contributed by atoms with Gasteiger partial charge in [-0.05, 0) is 48.1 Å². The minimum absolute atomic E-state index is 0.132. The van der Waals surface area contributed by atoms with Crippen molar-refractivity contribution in [1.29, 1.82) is 0 Å². The Balaban J connectivity index is 1.82. The minimum atomic E-state index is -0.132. The number of fused-ring (bicyclic) bond motifs is 1. The maximum Gasteiger partial charge on any atom is 0.255 e. The van der Waals surface area contributed by atoms with Gasteiger partial charge in [0.2, 0.25) is 0 Å². The Hall–Kier alpha value is -2.85. The van der Waals surface area contributed by atoms with E-state index in [0.29, 0.717) is 17.9 Å². The molecule has 0 aliphatic rings. The smallest absolute Gasteiger partial charge is 0.255 e. The third-order valence-electron chi connectivity index (χ3n) is 4.36. The number of rotatable bonds is 6. The average Bonchev–Trinajstić information content (AvgIpc) is 2.65. The van der Waals surface area contributed by atoms with Crippen molar-refractivity contribution in [2.75, 3.05) is 21.2 Å². The van der Waals surface area contributed by atoms with E-state index >= 15 is 0 Å². The molecule has 0 saturated heterocycles. The maximum absolute atomic E-state index is 12.8. The van der Waals surface area contributed by atoms with Gasteiger partial charge in [0.1, 0.15) is 5.75 Å². The van der Waals surface area contributed by atoms with Crippen LogP contribution < -0.4 is 10.1 Å². The van der Waals surface area contributed by atoms with Crippen molar-refractivity contribution in [2.24, 2.45) is 0 Å². The first-order valence-corrected chi connectivity index (χ1v) is 8.65. The van der Waals surface area contributed by atoms with Gasteiger partial charge in [-0.25, -0.2) is 0 Å². The van der Waals surface area contributed by atoms with Crippen LogP contribution in [0.4, 0.5) is 0 Å². The van der Waals surface area contributed by atoms with Crippen LogP contribution in [0.1, 0.15) is 21.5 Å². The molecule has 0 aliphatic heterocycles. The lowest BCUT2D eigenvalue weighted by Crippen LogP contribution is -2.24. The third kappa shape index (κ3) is 4.03. The zero-order valence-electron chi connectivity index (χ0n) is 15.5. The Labute approximate surface area is 154 Å². The topological polar surface area (TPSA) is 41.6 Å². The van der Waals surface area contributed by atoms with E-state index in [0.717, 1.165) is 22.9 Å². The fourth-order valence-electron chi connectivity index (χ4n) is 3.06. The summed E-state index contributed by atoms with van der Waals surface area (Å²) in [6, 6.07) is 19.9. The molecule has 0 atom stereocenters. The molecule has 26 heavy (non-hydrogen) atoms. The number of carbonyl (C=O) groups excluding carboxylic acids is 1. The summed E-state index contributed by atoms with van der Waals surface area (Å²) in [5.41, 5.74) is 2.88. The molecule has 3 aromatic carbocycles. The van der Waals surface area contributed by atoms with E-state index in [-0.39, 0.29) is 5.91 Å². The molecular formula is C22H24N2O2. The first-order chi connectivity index (χ1) is 12.6. The number of amides is 1. The van der Waals surface area contributed by atoms with Crippen LogP contribution >= 0.6 is 0 Å². The first-order valence-electron chi connectivity index (χ1n) is 8.65. The van der Waals surface area contributed by atoms with Gasteiger partial charge < -0.3 is 15.0 Å². The highest BCUT2D eigenvalue weighted by atomic mass is 16.5. The monoisotopic (exact) mass is 348 g/mol. The molecule has 0 fully saturated rings. The third-order valence-corrected chi connectivity index (χ3v) is 4.36. The van der Waals surface area contributed by atoms with Crippen molar-refractivity contribution < 1.29 is 9.53 Å². The van der Waals surface area contributed by atoms with Gasteiger partial charge in [-0.1, -0.05) is 48.5 Å². The predicted molar refractivity (Wildman–Crippen MR) is 106 cm³/mol. The lowest BCUT2D eigenvalue weighted by atomic mass is 10.0. The summed E-state index contributed by atoms with van der Waals surface area (Å²) < 4.78 is 5.44. The maximum atomic E-state index is 12.8. The average molecular weight is 348 g/mol. The normalized spacial score (nSPS) is 10.9. The molecule has 4 heteroatoms. The van der Waals surface area contributed by atoms with Gasteiger partial charge in [0.25, 0.3) is 5.91 Å². The molecule has 0 aromatic heterocycles. The van der Waals surface area contributed by atoms with E-state index in [9.17, 15) is 4.79 Å². The summed E-state index contributed by atoms with van der Waals surface area (Å²) in [7, 11) is 5.66. The number of carbonyl (C=O) groups is 1. The van der Waals surface area contributed by atoms with Gasteiger partial charge in [-0.2, -0.15) is 0 Å². The predicted octanol–water partition coefficient (Wildman–Crippen LogP) is 3.84. The molecule has 4 nitrogen and oxygen atoms in total. The fraction of sp³-hybridized carbons (Fsp3) is 0.227. The Bertz CT molecular complexity index is 919. The highest BCUT2D eigenvalue weighted by Crippen LogP contribution is 2.26. The molecule has 0 radical (unpaired) electrons. The van der Waals surface area contributed by atoms with Crippen molar-refractivity contribution in [3.05, 3.63) is 77.4 Å². The van der Waals surface area contributed by atoms with Crippen molar-refractivity contribution in [3.63, 3.8) is 0 Å². The van der Waals surface area contributed by atoms with Crippen molar-refractivity contribution in [1.82, 2.24) is 10.2 Å². The Morgan fingerprint density at radius 2 is 1.58 bits per heavy atom. The molecule has 1 N–H and O–H groups in total. The summed E-state index contributed by atoms with van der Waals surface area (Å²) in [5.74, 6) is 0.454. The lowest BCUT2D eigenvalue weighted by molar-refractivity contribution is 0.0948. The van der Waals surface area contributed by atoms with E-state index in [2.05, 4.69) is 22.3 Å². The molecule has 0 spiro atoms. The van der Waals surface area contributed by atoms with E-state index in [1.54, 1.807) is 7.11 Å². The van der Waals surface area contributed by atoms with E-state index in [1.165, 1.54) is 5.56 Å². The Kier molecular flexibility index (Phi) is 5.54. The van der Waals surface area contributed by atoms with Crippen LogP contribution in [0.5, 0.6) is 5.75 Å². The van der Waals surface area contributed by atoms with Crippen LogP contribution in [-0.4, -0.2) is 32.0 Å². The van der Waals surface area contributed by atoms with Gasteiger partial charge in [-0.3, -0.25) is 4.79 Å². The number of nitrogens with one attached hydrogen (secondary N) is 1. The summed E-state index contributed by atoms with van der Waals surface area (Å²) in [5, 5.41) is 5.10. The van der Waals surface area contributed by atoms with Crippen LogP contribution in [-0.2, 0) is 13.1 Å². The Morgan fingerprint density at radius 3 is 2.23 bits per heavy atom. The van der Waals surface area contributed by atoms with Crippen molar-refractivity contribution in [2.45, 2.75) is 13.1 Å². The molecule has 0 bridgehead atoms. The van der Waals surface area contributed by atoms with Gasteiger partial charge in [-0.15, -0.1) is 0 Å². The fourth-order valence-corrected chi connectivity index (χ4v) is 3.06. The highest BCUT2D eigenvalue weighted by molar-refractivity contribution is 6.01. The number of hydrogen-bond donors (Lipinski definition) is 1. The second kappa shape index (κ2) is 8.02. The minimum Gasteiger partial charge on any atom is -0.496 e. The molecule has 134 valence electrons. The zero-order chi connectivity index (χ0) is 18.5. The summed E-state index contributed by atoms with van der Waals surface area (Å²) in [6.07, 6.45) is 0. The number of methoxy groups -OCH3 is 1. The van der Waals surface area contributed by atoms with Gasteiger partial charge in [0, 0.05) is 13.1 Å². The van der Waals surface area contributed by atoms with Crippen LogP contribution in [0, 0.1) is 0 Å². The van der Waals surface area contributed by atoms with Crippen molar-refractivity contribution >= 4 is 16.7 Å². The van der Waals surface area contributed by atoms with E-state index < -0.39 is 0 Å². The SMILES string of the molecule is COc1cc2ccccc2cc1C(=O)NCc1ccccc1CN(C)C. The second-order valence-electron chi connectivity index (χ2n) is 6.59. The Morgan fingerprint density at radius 1 is 0.962 bits per heavy atom. The summed E-state index contributed by atoms with van der Waals surface area (Å²) in [4.78, 5) is 14.9. The van der Waals surface area contributed by atoms with Gasteiger partial charge >= 0.3 is 0 Å². The standard InChI is InChI=1S/C22H24N2O2/c1-24(2)15-19-11-7-6-10-18(19)14-23-22(25)20-12-16-8-4-5-9-17(16)13-21(20)26-3/h4-13H,14-15H2,1-3H3,(H,23,25). The molecular weight excluding hydrogens is 324 g/mol. The molecule has 0 saturated carbocycles. The van der Waals surface area contributed by atoms with Gasteiger partial charge in [0.05, 0.1) is 12.7 Å². The molecule has 0 heterocycles. The number of hydrogen-bond acceptors (Lipinski definition) is 3. The number of benzene rings is 3. The van der Waals surface area contributed by atoms with E-state index in [1.807, 2.05) is 62.6 Å². The van der Waals surface area contributed by atoms with Gasteiger partial charge in [0.15, 0.2) is 0 Å². The second-order valence-corrected chi connectivity index (χ2v) is 6.59. The largest absolute Gasteiger partial charge is 0.496 e. The highest BCUT2D eigenvalue weighted by Gasteiger charge is 2.14. The molecule has 0 aliphatic carbocycles. The van der Waals surface area contributed by atoms with E-state index in [4.69, 9.17) is 4.74 Å². The van der Waals surface area contributed by atoms with Crippen LogP contribution in [0.2, 0.25) is 0 Å². The lowest BCUT2D eigenvalue weighted by Gasteiger charge is -2.15. The molecule has 3 aromatic rings.